The van der Waals surface area contributed by atoms with Gasteiger partial charge in [0.05, 0.1) is 18.1 Å². The number of nitrogens with zero attached hydrogens (tertiary/aromatic N) is 1. The van der Waals surface area contributed by atoms with Crippen LogP contribution in [0.25, 0.3) is 0 Å². The van der Waals surface area contributed by atoms with Gasteiger partial charge in [-0.05, 0) is 31.9 Å². The van der Waals surface area contributed by atoms with E-state index in [9.17, 15) is 13.2 Å². The molecule has 1 aromatic heterocycles. The van der Waals surface area contributed by atoms with Crippen LogP contribution < -0.4 is 0 Å². The van der Waals surface area contributed by atoms with E-state index in [1.165, 1.54) is 4.88 Å². The highest BCUT2D eigenvalue weighted by atomic mass is 32.2. The Morgan fingerprint density at radius 3 is 2.71 bits per heavy atom. The summed E-state index contributed by atoms with van der Waals surface area (Å²) < 4.78 is 23.3. The van der Waals surface area contributed by atoms with Gasteiger partial charge < -0.3 is 5.11 Å². The van der Waals surface area contributed by atoms with Crippen LogP contribution in [0.2, 0.25) is 0 Å². The first-order valence-corrected chi connectivity index (χ1v) is 9.72. The number of aryl methyl sites for hydroxylation is 1. The molecule has 0 spiro atoms. The highest BCUT2D eigenvalue weighted by Gasteiger charge is 2.36. The van der Waals surface area contributed by atoms with Crippen LogP contribution in [-0.4, -0.2) is 48.5 Å². The second-order valence-electron chi connectivity index (χ2n) is 5.46. The summed E-state index contributed by atoms with van der Waals surface area (Å²) in [6.07, 6.45) is 1.47. The molecular formula is C14H21NO4S2. The van der Waals surface area contributed by atoms with Crippen LogP contribution in [0.15, 0.2) is 12.1 Å². The number of aliphatic carboxylic acids is 1. The topological polar surface area (TPSA) is 74.7 Å². The first-order chi connectivity index (χ1) is 9.82. The molecule has 1 N–H and O–H groups in total. The molecule has 0 saturated carbocycles. The van der Waals surface area contributed by atoms with Crippen LogP contribution in [-0.2, 0) is 21.1 Å². The normalized spacial score (nSPS) is 22.5. The van der Waals surface area contributed by atoms with Gasteiger partial charge in [-0.25, -0.2) is 8.42 Å². The average molecular weight is 331 g/mol. The largest absolute Gasteiger partial charge is 0.480 e. The molecule has 1 fully saturated rings. The lowest BCUT2D eigenvalue weighted by molar-refractivity contribution is -0.139. The van der Waals surface area contributed by atoms with Crippen LogP contribution in [0.4, 0.5) is 0 Å². The number of hydrogen-bond donors (Lipinski definition) is 1. The Bertz CT molecular complexity index is 608. The van der Waals surface area contributed by atoms with E-state index in [-0.39, 0.29) is 30.1 Å². The molecule has 2 rings (SSSR count). The van der Waals surface area contributed by atoms with Gasteiger partial charge in [-0.3, -0.25) is 9.69 Å². The van der Waals surface area contributed by atoms with Gasteiger partial charge in [0.25, 0.3) is 0 Å². The molecular weight excluding hydrogens is 310 g/mol. The smallest absolute Gasteiger partial charge is 0.317 e. The van der Waals surface area contributed by atoms with Gasteiger partial charge in [0.1, 0.15) is 0 Å². The molecule has 21 heavy (non-hydrogen) atoms. The van der Waals surface area contributed by atoms with Crippen LogP contribution in [0.5, 0.6) is 0 Å². The zero-order chi connectivity index (χ0) is 15.6. The average Bonchev–Trinajstić information content (AvgIpc) is 3.01. The second-order valence-corrected chi connectivity index (χ2v) is 8.89. The van der Waals surface area contributed by atoms with Crippen LogP contribution in [0, 0.1) is 0 Å². The number of hydrogen-bond acceptors (Lipinski definition) is 5. The van der Waals surface area contributed by atoms with E-state index in [0.717, 1.165) is 11.3 Å². The lowest BCUT2D eigenvalue weighted by Crippen LogP contribution is -2.41. The quantitative estimate of drug-likeness (QED) is 0.862. The summed E-state index contributed by atoms with van der Waals surface area (Å²) in [5, 5.41) is 9.13. The molecule has 1 aliphatic heterocycles. The fourth-order valence-corrected chi connectivity index (χ4v) is 5.52. The third-order valence-electron chi connectivity index (χ3n) is 3.94. The molecule has 2 atom stereocenters. The maximum absolute atomic E-state index is 11.7. The van der Waals surface area contributed by atoms with Crippen molar-refractivity contribution < 1.29 is 18.3 Å². The van der Waals surface area contributed by atoms with Crippen molar-refractivity contribution in [2.45, 2.75) is 38.8 Å². The number of thiophene rings is 1. The maximum Gasteiger partial charge on any atom is 0.317 e. The van der Waals surface area contributed by atoms with Gasteiger partial charge in [-0.2, -0.15) is 0 Å². The summed E-state index contributed by atoms with van der Waals surface area (Å²) in [4.78, 5) is 15.3. The van der Waals surface area contributed by atoms with Gasteiger partial charge in [0, 0.05) is 21.8 Å². The zero-order valence-electron chi connectivity index (χ0n) is 12.3. The molecule has 1 aromatic rings. The molecule has 1 aliphatic rings. The minimum absolute atomic E-state index is 0.0661. The minimum Gasteiger partial charge on any atom is -0.480 e. The highest BCUT2D eigenvalue weighted by Crippen LogP contribution is 2.31. The zero-order valence-corrected chi connectivity index (χ0v) is 13.9. The van der Waals surface area contributed by atoms with E-state index in [1.807, 2.05) is 17.9 Å². The van der Waals surface area contributed by atoms with Crippen molar-refractivity contribution in [2.75, 3.05) is 18.1 Å². The molecule has 1 saturated heterocycles. The summed E-state index contributed by atoms with van der Waals surface area (Å²) in [5.41, 5.74) is 0. The maximum atomic E-state index is 11.7. The summed E-state index contributed by atoms with van der Waals surface area (Å²) in [5.74, 6) is -0.694. The first-order valence-electron chi connectivity index (χ1n) is 7.09. The van der Waals surface area contributed by atoms with Crippen molar-refractivity contribution in [2.24, 2.45) is 0 Å². The van der Waals surface area contributed by atoms with Gasteiger partial charge in [-0.15, -0.1) is 11.3 Å². The second kappa shape index (κ2) is 6.46. The Labute approximate surface area is 129 Å². The SMILES string of the molecule is CCc1ccc(C(C)N(CC(=O)O)C2CCS(=O)(=O)C2)s1. The number of carboxylic acid groups (broad SMARTS) is 1. The van der Waals surface area contributed by atoms with E-state index in [1.54, 1.807) is 11.3 Å². The standard InChI is InChI=1S/C14H21NO4S2/c1-3-12-4-5-13(20-12)10(2)15(8-14(16)17)11-6-7-21(18,19)9-11/h4-5,10-11H,3,6-9H2,1-2H3,(H,16,17). The van der Waals surface area contributed by atoms with Crippen molar-refractivity contribution >= 4 is 27.1 Å². The van der Waals surface area contributed by atoms with Crippen molar-refractivity contribution in [1.82, 2.24) is 4.90 Å². The molecule has 0 bridgehead atoms. The molecule has 2 unspecified atom stereocenters. The molecule has 5 nitrogen and oxygen atoms in total. The molecule has 2 heterocycles. The predicted octanol–water partition coefficient (Wildman–Crippen LogP) is 1.95. The van der Waals surface area contributed by atoms with Gasteiger partial charge >= 0.3 is 5.97 Å². The van der Waals surface area contributed by atoms with Crippen molar-refractivity contribution in [1.29, 1.82) is 0 Å². The molecule has 118 valence electrons. The minimum atomic E-state index is -3.02. The predicted molar refractivity (Wildman–Crippen MR) is 83.5 cm³/mol. The molecule has 0 aromatic carbocycles. The van der Waals surface area contributed by atoms with Gasteiger partial charge in [-0.1, -0.05) is 6.92 Å². The van der Waals surface area contributed by atoms with Crippen molar-refractivity contribution in [3.8, 4) is 0 Å². The van der Waals surface area contributed by atoms with Gasteiger partial charge in [0.15, 0.2) is 9.84 Å². The Hall–Kier alpha value is -0.920. The van der Waals surface area contributed by atoms with Crippen LogP contribution in [0.1, 0.15) is 36.1 Å². The summed E-state index contributed by atoms with van der Waals surface area (Å²) >= 11 is 1.67. The fraction of sp³-hybridized carbons (Fsp3) is 0.643. The molecule has 0 radical (unpaired) electrons. The first kappa shape index (κ1) is 16.5. The Kier molecular flexibility index (Phi) is 5.06. The molecule has 0 aliphatic carbocycles. The van der Waals surface area contributed by atoms with Crippen molar-refractivity contribution in [3.63, 3.8) is 0 Å². The lowest BCUT2D eigenvalue weighted by atomic mass is 10.1. The number of sulfone groups is 1. The summed E-state index contributed by atoms with van der Waals surface area (Å²) in [7, 11) is -3.02. The monoisotopic (exact) mass is 331 g/mol. The number of carbonyl (C=O) groups is 1. The van der Waals surface area contributed by atoms with Gasteiger partial charge in [0.2, 0.25) is 0 Å². The Morgan fingerprint density at radius 2 is 2.24 bits per heavy atom. The molecule has 7 heteroatoms. The summed E-state index contributed by atoms with van der Waals surface area (Å²) in [6, 6.07) is 3.80. The van der Waals surface area contributed by atoms with E-state index in [2.05, 4.69) is 13.0 Å². The lowest BCUT2D eigenvalue weighted by Gasteiger charge is -2.31. The van der Waals surface area contributed by atoms with E-state index in [0.29, 0.717) is 6.42 Å². The number of carboxylic acids is 1. The Balaban J connectivity index is 2.21. The van der Waals surface area contributed by atoms with Crippen LogP contribution in [0.3, 0.4) is 0 Å². The van der Waals surface area contributed by atoms with E-state index in [4.69, 9.17) is 5.11 Å². The van der Waals surface area contributed by atoms with E-state index < -0.39 is 15.8 Å². The molecule has 0 amide bonds. The fourth-order valence-electron chi connectivity index (χ4n) is 2.75. The van der Waals surface area contributed by atoms with E-state index >= 15 is 0 Å². The Morgan fingerprint density at radius 1 is 1.52 bits per heavy atom. The van der Waals surface area contributed by atoms with Crippen LogP contribution >= 0.6 is 11.3 Å². The number of rotatable bonds is 6. The van der Waals surface area contributed by atoms with Crippen molar-refractivity contribution in [3.05, 3.63) is 21.9 Å². The summed E-state index contributed by atoms with van der Waals surface area (Å²) in [6.45, 7) is 3.92. The third-order valence-corrected chi connectivity index (χ3v) is 7.09. The third kappa shape index (κ3) is 4.05. The highest BCUT2D eigenvalue weighted by molar-refractivity contribution is 7.91.